The normalized spacial score (nSPS) is 14.0. The van der Waals surface area contributed by atoms with Crippen LogP contribution >= 0.6 is 0 Å². The average molecular weight is 294 g/mol. The summed E-state index contributed by atoms with van der Waals surface area (Å²) in [6.07, 6.45) is -0.483. The molecular weight excluding hydrogens is 276 g/mol. The average Bonchev–Trinajstić information content (AvgIpc) is 2.75. The predicted octanol–water partition coefficient (Wildman–Crippen LogP) is 1.33. The fraction of sp³-hybridized carbons (Fsp3) is 0.500. The van der Waals surface area contributed by atoms with Gasteiger partial charge in [-0.15, -0.1) is 0 Å². The number of aromatic nitrogens is 1. The number of carbonyl (C=O) groups is 2. The van der Waals surface area contributed by atoms with Crippen molar-refractivity contribution in [3.05, 3.63) is 33.2 Å². The third kappa shape index (κ3) is 2.91. The second-order valence-corrected chi connectivity index (χ2v) is 6.04. The molecule has 0 unspecified atom stereocenters. The highest BCUT2D eigenvalue weighted by molar-refractivity contribution is 5.87. The molecule has 0 bridgehead atoms. The van der Waals surface area contributed by atoms with E-state index in [9.17, 15) is 14.4 Å². The third-order valence-electron chi connectivity index (χ3n) is 3.21. The number of fused-ring (bicyclic) bond motifs is 1. The summed E-state index contributed by atoms with van der Waals surface area (Å²) in [5.41, 5.74) is -0.185. The SMILES string of the molecule is Cn1c2c(cc(C(=O)O)c1=O)CN(C(=O)OC(C)(C)C)C2. The van der Waals surface area contributed by atoms with E-state index >= 15 is 0 Å². The molecular formula is C14H18N2O5. The summed E-state index contributed by atoms with van der Waals surface area (Å²) in [7, 11) is 1.51. The van der Waals surface area contributed by atoms with Crippen LogP contribution < -0.4 is 5.56 Å². The standard InChI is InChI=1S/C14H18N2O5/c1-14(2,3)21-13(20)16-6-8-5-9(12(18)19)11(17)15(4)10(8)7-16/h5H,6-7H2,1-4H3,(H,18,19). The number of rotatable bonds is 1. The van der Waals surface area contributed by atoms with Crippen molar-refractivity contribution in [2.45, 2.75) is 39.5 Å². The van der Waals surface area contributed by atoms with Gasteiger partial charge >= 0.3 is 12.1 Å². The van der Waals surface area contributed by atoms with Crippen molar-refractivity contribution in [1.29, 1.82) is 0 Å². The summed E-state index contributed by atoms with van der Waals surface area (Å²) < 4.78 is 6.56. The van der Waals surface area contributed by atoms with Crippen LogP contribution in [-0.2, 0) is 24.9 Å². The summed E-state index contributed by atoms with van der Waals surface area (Å²) in [5.74, 6) is -1.27. The maximum absolute atomic E-state index is 12.0. The van der Waals surface area contributed by atoms with E-state index < -0.39 is 23.2 Å². The van der Waals surface area contributed by atoms with Crippen LogP contribution in [-0.4, -0.2) is 32.2 Å². The minimum atomic E-state index is -1.27. The highest BCUT2D eigenvalue weighted by Crippen LogP contribution is 2.24. The summed E-state index contributed by atoms with van der Waals surface area (Å²) in [6, 6.07) is 1.34. The van der Waals surface area contributed by atoms with Gasteiger partial charge in [-0.25, -0.2) is 9.59 Å². The molecule has 1 aliphatic heterocycles. The number of nitrogens with zero attached hydrogens (tertiary/aromatic N) is 2. The van der Waals surface area contributed by atoms with E-state index in [1.165, 1.54) is 22.6 Å². The third-order valence-corrected chi connectivity index (χ3v) is 3.21. The van der Waals surface area contributed by atoms with Crippen molar-refractivity contribution in [1.82, 2.24) is 9.47 Å². The maximum atomic E-state index is 12.0. The van der Waals surface area contributed by atoms with Gasteiger partial charge < -0.3 is 14.4 Å². The Morgan fingerprint density at radius 1 is 1.29 bits per heavy atom. The second-order valence-electron chi connectivity index (χ2n) is 6.04. The summed E-state index contributed by atoms with van der Waals surface area (Å²) >= 11 is 0. The Morgan fingerprint density at radius 3 is 2.43 bits per heavy atom. The number of hydrogen-bond acceptors (Lipinski definition) is 4. The monoisotopic (exact) mass is 294 g/mol. The van der Waals surface area contributed by atoms with Crippen LogP contribution in [0.15, 0.2) is 10.9 Å². The molecule has 7 nitrogen and oxygen atoms in total. The van der Waals surface area contributed by atoms with Crippen molar-refractivity contribution in [3.8, 4) is 0 Å². The van der Waals surface area contributed by atoms with Gasteiger partial charge in [0.05, 0.1) is 13.1 Å². The summed E-state index contributed by atoms with van der Waals surface area (Å²) in [5, 5.41) is 9.03. The molecule has 21 heavy (non-hydrogen) atoms. The molecule has 0 radical (unpaired) electrons. The molecule has 0 saturated carbocycles. The van der Waals surface area contributed by atoms with Crippen LogP contribution in [0, 0.1) is 0 Å². The number of aromatic carboxylic acids is 1. The lowest BCUT2D eigenvalue weighted by molar-refractivity contribution is 0.0239. The Hall–Kier alpha value is -2.31. The van der Waals surface area contributed by atoms with Crippen LogP contribution in [0.1, 0.15) is 42.4 Å². The largest absolute Gasteiger partial charge is 0.477 e. The van der Waals surface area contributed by atoms with Gasteiger partial charge in [0, 0.05) is 12.7 Å². The Morgan fingerprint density at radius 2 is 1.90 bits per heavy atom. The number of carboxylic acid groups (broad SMARTS) is 1. The molecule has 2 heterocycles. The first-order valence-electron chi connectivity index (χ1n) is 6.53. The zero-order chi connectivity index (χ0) is 15.9. The first-order chi connectivity index (χ1) is 9.60. The first-order valence-corrected chi connectivity index (χ1v) is 6.53. The highest BCUT2D eigenvalue weighted by Gasteiger charge is 2.30. The minimum absolute atomic E-state index is 0.232. The topological polar surface area (TPSA) is 88.8 Å². The molecule has 1 aromatic heterocycles. The van der Waals surface area contributed by atoms with Crippen LogP contribution in [0.5, 0.6) is 0 Å². The zero-order valence-electron chi connectivity index (χ0n) is 12.5. The lowest BCUT2D eigenvalue weighted by Gasteiger charge is -2.24. The van der Waals surface area contributed by atoms with Gasteiger partial charge in [0.15, 0.2) is 0 Å². The Labute approximate surface area is 121 Å². The number of hydrogen-bond donors (Lipinski definition) is 1. The van der Waals surface area contributed by atoms with Crippen LogP contribution in [0.25, 0.3) is 0 Å². The number of ether oxygens (including phenoxy) is 1. The fourth-order valence-electron chi connectivity index (χ4n) is 2.23. The van der Waals surface area contributed by atoms with Gasteiger partial charge in [0.1, 0.15) is 11.2 Å². The molecule has 0 atom stereocenters. The molecule has 1 amide bonds. The number of carboxylic acids is 1. The van der Waals surface area contributed by atoms with Crippen molar-refractivity contribution >= 4 is 12.1 Å². The van der Waals surface area contributed by atoms with Gasteiger partial charge in [0.2, 0.25) is 0 Å². The van der Waals surface area contributed by atoms with E-state index in [2.05, 4.69) is 0 Å². The van der Waals surface area contributed by atoms with E-state index in [4.69, 9.17) is 9.84 Å². The van der Waals surface area contributed by atoms with E-state index in [0.29, 0.717) is 11.3 Å². The van der Waals surface area contributed by atoms with Crippen LogP contribution in [0.2, 0.25) is 0 Å². The van der Waals surface area contributed by atoms with E-state index in [0.717, 1.165) is 0 Å². The molecule has 0 aliphatic carbocycles. The number of pyridine rings is 1. The second kappa shape index (κ2) is 4.91. The van der Waals surface area contributed by atoms with Gasteiger partial charge in [-0.3, -0.25) is 9.69 Å². The first kappa shape index (κ1) is 15.1. The van der Waals surface area contributed by atoms with Gasteiger partial charge in [-0.2, -0.15) is 0 Å². The van der Waals surface area contributed by atoms with E-state index in [1.807, 2.05) is 0 Å². The smallest absolute Gasteiger partial charge is 0.410 e. The minimum Gasteiger partial charge on any atom is -0.477 e. The molecule has 0 saturated heterocycles. The maximum Gasteiger partial charge on any atom is 0.410 e. The summed E-state index contributed by atoms with van der Waals surface area (Å²) in [6.45, 7) is 5.78. The molecule has 1 aliphatic rings. The molecule has 114 valence electrons. The lowest BCUT2D eigenvalue weighted by Crippen LogP contribution is -2.33. The Kier molecular flexibility index (Phi) is 3.52. The Bertz CT molecular complexity index is 669. The lowest BCUT2D eigenvalue weighted by atomic mass is 10.1. The summed E-state index contributed by atoms with van der Waals surface area (Å²) in [4.78, 5) is 36.5. The van der Waals surface area contributed by atoms with Crippen molar-refractivity contribution in [2.75, 3.05) is 0 Å². The molecule has 0 spiro atoms. The van der Waals surface area contributed by atoms with Crippen LogP contribution in [0.4, 0.5) is 4.79 Å². The Balaban J connectivity index is 2.31. The van der Waals surface area contributed by atoms with Crippen molar-refractivity contribution in [2.24, 2.45) is 7.05 Å². The molecule has 7 heteroatoms. The molecule has 1 N–H and O–H groups in total. The number of carbonyl (C=O) groups excluding carboxylic acids is 1. The van der Waals surface area contributed by atoms with Gasteiger partial charge in [-0.1, -0.05) is 0 Å². The van der Waals surface area contributed by atoms with E-state index in [-0.39, 0.29) is 18.7 Å². The predicted molar refractivity (Wildman–Crippen MR) is 74.1 cm³/mol. The fourth-order valence-corrected chi connectivity index (χ4v) is 2.23. The van der Waals surface area contributed by atoms with Gasteiger partial charge in [0.25, 0.3) is 5.56 Å². The zero-order valence-corrected chi connectivity index (χ0v) is 12.5. The molecule has 0 aromatic carbocycles. The van der Waals surface area contributed by atoms with Crippen molar-refractivity contribution < 1.29 is 19.4 Å². The quantitative estimate of drug-likeness (QED) is 0.844. The van der Waals surface area contributed by atoms with E-state index in [1.54, 1.807) is 20.8 Å². The number of amides is 1. The molecule has 1 aromatic rings. The highest BCUT2D eigenvalue weighted by atomic mass is 16.6. The molecule has 0 fully saturated rings. The van der Waals surface area contributed by atoms with Gasteiger partial charge in [-0.05, 0) is 32.4 Å². The van der Waals surface area contributed by atoms with Crippen LogP contribution in [0.3, 0.4) is 0 Å². The molecule has 2 rings (SSSR count). The van der Waals surface area contributed by atoms with Crippen molar-refractivity contribution in [3.63, 3.8) is 0 Å².